The van der Waals surface area contributed by atoms with E-state index in [2.05, 4.69) is 0 Å². The number of carbonyl (C=O) groups excluding carboxylic acids is 1. The number of likely N-dealkylation sites (tertiary alicyclic amines) is 1. The van der Waals surface area contributed by atoms with Crippen molar-refractivity contribution >= 4 is 12.3 Å². The molecule has 0 aromatic rings. The molecule has 0 amide bonds. The highest BCUT2D eigenvalue weighted by Crippen LogP contribution is 2.13. The predicted molar refractivity (Wildman–Crippen MR) is 42.9 cm³/mol. The lowest BCUT2D eigenvalue weighted by molar-refractivity contribution is -0.138. The lowest BCUT2D eigenvalue weighted by Crippen LogP contribution is -2.37. The quantitative estimate of drug-likeness (QED) is 0.606. The van der Waals surface area contributed by atoms with Crippen molar-refractivity contribution in [2.75, 3.05) is 19.6 Å². The highest BCUT2D eigenvalue weighted by Gasteiger charge is 2.19. The van der Waals surface area contributed by atoms with Crippen LogP contribution in [0.5, 0.6) is 0 Å². The van der Waals surface area contributed by atoms with E-state index in [1.165, 1.54) is 0 Å². The highest BCUT2D eigenvalue weighted by atomic mass is 16.4. The zero-order valence-corrected chi connectivity index (χ0v) is 6.90. The molecule has 0 atom stereocenters. The number of rotatable bonds is 3. The van der Waals surface area contributed by atoms with E-state index in [9.17, 15) is 9.59 Å². The lowest BCUT2D eigenvalue weighted by Gasteiger charge is -2.27. The van der Waals surface area contributed by atoms with Gasteiger partial charge in [-0.05, 0) is 25.9 Å². The number of hydrogen-bond acceptors (Lipinski definition) is 3. The van der Waals surface area contributed by atoms with Crippen LogP contribution in [0.2, 0.25) is 0 Å². The molecule has 1 aliphatic rings. The summed E-state index contributed by atoms with van der Waals surface area (Å²) in [6, 6.07) is 0. The zero-order valence-electron chi connectivity index (χ0n) is 6.90. The molecule has 0 aliphatic carbocycles. The van der Waals surface area contributed by atoms with Crippen LogP contribution in [0.1, 0.15) is 12.8 Å². The molecular formula is C8H13NO3. The maximum atomic E-state index is 10.4. The molecule has 1 fully saturated rings. The van der Waals surface area contributed by atoms with Gasteiger partial charge >= 0.3 is 5.97 Å². The van der Waals surface area contributed by atoms with Gasteiger partial charge in [0.25, 0.3) is 0 Å². The van der Waals surface area contributed by atoms with Crippen LogP contribution in [0.3, 0.4) is 0 Å². The number of aliphatic carboxylic acids is 1. The molecule has 0 unspecified atom stereocenters. The lowest BCUT2D eigenvalue weighted by atomic mass is 9.99. The van der Waals surface area contributed by atoms with Gasteiger partial charge in [0.1, 0.15) is 6.29 Å². The Balaban J connectivity index is 2.26. The van der Waals surface area contributed by atoms with E-state index in [0.717, 1.165) is 32.2 Å². The standard InChI is InChI=1S/C8H13NO3/c10-6-7-1-3-9(4-2-7)5-8(11)12/h6-7H,1-5H2,(H,11,12). The molecule has 0 saturated carbocycles. The molecule has 1 aliphatic heterocycles. The van der Waals surface area contributed by atoms with Gasteiger partial charge in [0.05, 0.1) is 6.54 Å². The van der Waals surface area contributed by atoms with Gasteiger partial charge in [-0.25, -0.2) is 0 Å². The van der Waals surface area contributed by atoms with Gasteiger partial charge in [-0.3, -0.25) is 9.69 Å². The molecule has 0 bridgehead atoms. The average molecular weight is 171 g/mol. The second-order valence-corrected chi connectivity index (χ2v) is 3.14. The normalized spacial score (nSPS) is 20.7. The first kappa shape index (κ1) is 9.19. The monoisotopic (exact) mass is 171 g/mol. The Hall–Kier alpha value is -0.900. The van der Waals surface area contributed by atoms with Gasteiger partial charge in [-0.2, -0.15) is 0 Å². The summed E-state index contributed by atoms with van der Waals surface area (Å²) in [4.78, 5) is 22.5. The van der Waals surface area contributed by atoms with E-state index < -0.39 is 5.97 Å². The first-order valence-corrected chi connectivity index (χ1v) is 4.12. The SMILES string of the molecule is O=CC1CCN(CC(=O)O)CC1. The van der Waals surface area contributed by atoms with Crippen LogP contribution < -0.4 is 0 Å². The fourth-order valence-corrected chi connectivity index (χ4v) is 1.44. The van der Waals surface area contributed by atoms with Crippen molar-refractivity contribution in [2.45, 2.75) is 12.8 Å². The Bertz CT molecular complexity index is 173. The predicted octanol–water partition coefficient (Wildman–Crippen LogP) is -0.0181. The van der Waals surface area contributed by atoms with Crippen molar-refractivity contribution < 1.29 is 14.7 Å². The van der Waals surface area contributed by atoms with Crippen molar-refractivity contribution in [1.29, 1.82) is 0 Å². The molecule has 1 rings (SSSR count). The van der Waals surface area contributed by atoms with Gasteiger partial charge in [-0.15, -0.1) is 0 Å². The summed E-state index contributed by atoms with van der Waals surface area (Å²) >= 11 is 0. The topological polar surface area (TPSA) is 57.6 Å². The Morgan fingerprint density at radius 3 is 2.50 bits per heavy atom. The summed E-state index contributed by atoms with van der Waals surface area (Å²) in [7, 11) is 0. The summed E-state index contributed by atoms with van der Waals surface area (Å²) < 4.78 is 0. The number of piperidine rings is 1. The van der Waals surface area contributed by atoms with Gasteiger partial charge in [0, 0.05) is 5.92 Å². The van der Waals surface area contributed by atoms with Gasteiger partial charge in [-0.1, -0.05) is 0 Å². The van der Waals surface area contributed by atoms with Crippen LogP contribution in [0.25, 0.3) is 0 Å². The van der Waals surface area contributed by atoms with Crippen LogP contribution in [0.15, 0.2) is 0 Å². The van der Waals surface area contributed by atoms with Crippen LogP contribution in [0, 0.1) is 5.92 Å². The van der Waals surface area contributed by atoms with Crippen LogP contribution >= 0.6 is 0 Å². The van der Waals surface area contributed by atoms with E-state index in [0.29, 0.717) is 0 Å². The maximum Gasteiger partial charge on any atom is 0.317 e. The molecule has 0 spiro atoms. The van der Waals surface area contributed by atoms with Crippen molar-refractivity contribution in [3.63, 3.8) is 0 Å². The molecule has 4 heteroatoms. The number of nitrogens with zero attached hydrogens (tertiary/aromatic N) is 1. The van der Waals surface area contributed by atoms with E-state index >= 15 is 0 Å². The number of carbonyl (C=O) groups is 2. The molecule has 12 heavy (non-hydrogen) atoms. The van der Waals surface area contributed by atoms with Gasteiger partial charge in [0.2, 0.25) is 0 Å². The summed E-state index contributed by atoms with van der Waals surface area (Å²) in [6.45, 7) is 1.57. The second-order valence-electron chi connectivity index (χ2n) is 3.14. The molecule has 4 nitrogen and oxygen atoms in total. The molecular weight excluding hydrogens is 158 g/mol. The summed E-state index contributed by atoms with van der Waals surface area (Å²) in [5, 5.41) is 8.48. The minimum Gasteiger partial charge on any atom is -0.480 e. The first-order valence-electron chi connectivity index (χ1n) is 4.12. The first-order chi connectivity index (χ1) is 5.72. The maximum absolute atomic E-state index is 10.4. The van der Waals surface area contributed by atoms with Crippen LogP contribution in [-0.4, -0.2) is 41.9 Å². The Morgan fingerprint density at radius 1 is 1.50 bits per heavy atom. The van der Waals surface area contributed by atoms with E-state index in [-0.39, 0.29) is 12.5 Å². The third-order valence-corrected chi connectivity index (χ3v) is 2.18. The van der Waals surface area contributed by atoms with Crippen molar-refractivity contribution in [2.24, 2.45) is 5.92 Å². The summed E-state index contributed by atoms with van der Waals surface area (Å²) in [6.07, 6.45) is 2.58. The van der Waals surface area contributed by atoms with Crippen LogP contribution in [0.4, 0.5) is 0 Å². The fourth-order valence-electron chi connectivity index (χ4n) is 1.44. The molecule has 0 aromatic carbocycles. The average Bonchev–Trinajstić information content (AvgIpc) is 2.05. The van der Waals surface area contributed by atoms with E-state index in [1.54, 1.807) is 0 Å². The minimum atomic E-state index is -0.792. The molecule has 1 saturated heterocycles. The largest absolute Gasteiger partial charge is 0.480 e. The highest BCUT2D eigenvalue weighted by molar-refractivity contribution is 5.69. The second kappa shape index (κ2) is 4.21. The summed E-state index contributed by atoms with van der Waals surface area (Å²) in [5.41, 5.74) is 0. The molecule has 0 radical (unpaired) electrons. The van der Waals surface area contributed by atoms with Crippen molar-refractivity contribution in [3.05, 3.63) is 0 Å². The van der Waals surface area contributed by atoms with E-state index in [4.69, 9.17) is 5.11 Å². The van der Waals surface area contributed by atoms with Crippen molar-refractivity contribution in [1.82, 2.24) is 4.90 Å². The fraction of sp³-hybridized carbons (Fsp3) is 0.750. The van der Waals surface area contributed by atoms with Gasteiger partial charge in [0.15, 0.2) is 0 Å². The Kier molecular flexibility index (Phi) is 3.22. The Labute approximate surface area is 71.2 Å². The molecule has 1 heterocycles. The molecule has 68 valence electrons. The zero-order chi connectivity index (χ0) is 8.97. The number of carboxylic acids is 1. The third kappa shape index (κ3) is 2.62. The number of carboxylic acid groups (broad SMARTS) is 1. The Morgan fingerprint density at radius 2 is 2.08 bits per heavy atom. The number of aldehydes is 1. The third-order valence-electron chi connectivity index (χ3n) is 2.18. The molecule has 0 aromatic heterocycles. The smallest absolute Gasteiger partial charge is 0.317 e. The van der Waals surface area contributed by atoms with Crippen LogP contribution in [-0.2, 0) is 9.59 Å². The minimum absolute atomic E-state index is 0.103. The molecule has 1 N–H and O–H groups in total. The summed E-state index contributed by atoms with van der Waals surface area (Å²) in [5.74, 6) is -0.644. The number of hydrogen-bond donors (Lipinski definition) is 1. The van der Waals surface area contributed by atoms with Gasteiger partial charge < -0.3 is 9.90 Å². The van der Waals surface area contributed by atoms with Crippen molar-refractivity contribution in [3.8, 4) is 0 Å². The van der Waals surface area contributed by atoms with E-state index in [1.807, 2.05) is 4.90 Å².